The second kappa shape index (κ2) is 8.46. The van der Waals surface area contributed by atoms with Crippen molar-refractivity contribution in [3.05, 3.63) is 29.3 Å². The minimum atomic E-state index is -0.693. The summed E-state index contributed by atoms with van der Waals surface area (Å²) in [5, 5.41) is 2.29. The highest BCUT2D eigenvalue weighted by Crippen LogP contribution is 2.35. The van der Waals surface area contributed by atoms with E-state index in [2.05, 4.69) is 5.32 Å². The van der Waals surface area contributed by atoms with E-state index < -0.39 is 17.8 Å². The minimum absolute atomic E-state index is 0.0686. The van der Waals surface area contributed by atoms with Crippen LogP contribution in [0.4, 0.5) is 4.79 Å². The Kier molecular flexibility index (Phi) is 6.02. The molecule has 1 aromatic carbocycles. The maximum absolute atomic E-state index is 13.0. The topological polar surface area (TPSA) is 84.9 Å². The number of carbonyl (C=O) groups is 3. The molecular weight excluding hydrogens is 360 g/mol. The lowest BCUT2D eigenvalue weighted by molar-refractivity contribution is -0.131. The van der Waals surface area contributed by atoms with Crippen LogP contribution in [0, 0.1) is 0 Å². The van der Waals surface area contributed by atoms with Crippen molar-refractivity contribution in [2.24, 2.45) is 0 Å². The monoisotopic (exact) mass is 386 g/mol. The van der Waals surface area contributed by atoms with Crippen LogP contribution in [0.3, 0.4) is 0 Å². The normalized spacial score (nSPS) is 20.5. The fourth-order valence-corrected chi connectivity index (χ4v) is 3.54. The molecule has 1 aliphatic carbocycles. The summed E-state index contributed by atoms with van der Waals surface area (Å²) in [6.07, 6.45) is 5.67. The molecule has 1 N–H and O–H groups in total. The molecule has 28 heavy (non-hydrogen) atoms. The summed E-state index contributed by atoms with van der Waals surface area (Å²) < 4.78 is 11.4. The number of nitrogens with one attached hydrogen (secondary N) is 1. The minimum Gasteiger partial charge on any atom is -0.493 e. The van der Waals surface area contributed by atoms with E-state index in [1.807, 2.05) is 13.8 Å². The molecular formula is C21H26N2O5. The SMILES string of the molecule is CC[C@H](C)Oc1c(/C=C2\C(=O)NC(=O)N(C3CCCC3)C2=O)cccc1OC. The number of rotatable bonds is 6. The Labute approximate surface area is 164 Å². The van der Waals surface area contributed by atoms with Crippen LogP contribution < -0.4 is 14.8 Å². The maximum atomic E-state index is 13.0. The van der Waals surface area contributed by atoms with Crippen molar-refractivity contribution in [3.8, 4) is 11.5 Å². The molecule has 1 atom stereocenters. The zero-order chi connectivity index (χ0) is 20.3. The first-order valence-corrected chi connectivity index (χ1v) is 9.70. The Bertz CT molecular complexity index is 811. The zero-order valence-electron chi connectivity index (χ0n) is 16.5. The van der Waals surface area contributed by atoms with Gasteiger partial charge in [0.15, 0.2) is 11.5 Å². The molecule has 1 saturated heterocycles. The Morgan fingerprint density at radius 2 is 1.96 bits per heavy atom. The Balaban J connectivity index is 2.00. The van der Waals surface area contributed by atoms with Gasteiger partial charge in [-0.05, 0) is 38.3 Å². The molecule has 0 aromatic heterocycles. The Hall–Kier alpha value is -2.83. The van der Waals surface area contributed by atoms with Crippen molar-refractivity contribution < 1.29 is 23.9 Å². The van der Waals surface area contributed by atoms with E-state index >= 15 is 0 Å². The fourth-order valence-electron chi connectivity index (χ4n) is 3.54. The first-order valence-electron chi connectivity index (χ1n) is 9.70. The van der Waals surface area contributed by atoms with Crippen LogP contribution in [0.1, 0.15) is 51.5 Å². The van der Waals surface area contributed by atoms with Crippen LogP contribution in [-0.2, 0) is 9.59 Å². The third-order valence-electron chi connectivity index (χ3n) is 5.25. The van der Waals surface area contributed by atoms with E-state index in [0.717, 1.165) is 32.1 Å². The van der Waals surface area contributed by atoms with Gasteiger partial charge in [0.05, 0.1) is 13.2 Å². The summed E-state index contributed by atoms with van der Waals surface area (Å²) in [6, 6.07) is 4.48. The maximum Gasteiger partial charge on any atom is 0.331 e. The third kappa shape index (κ3) is 3.88. The van der Waals surface area contributed by atoms with Gasteiger partial charge in [0.25, 0.3) is 11.8 Å². The van der Waals surface area contributed by atoms with Crippen molar-refractivity contribution in [1.82, 2.24) is 10.2 Å². The molecule has 1 heterocycles. The number of ether oxygens (including phenoxy) is 2. The lowest BCUT2D eigenvalue weighted by Crippen LogP contribution is -2.57. The molecule has 3 rings (SSSR count). The van der Waals surface area contributed by atoms with Crippen LogP contribution in [0.2, 0.25) is 0 Å². The zero-order valence-corrected chi connectivity index (χ0v) is 16.5. The molecule has 0 bridgehead atoms. The fraction of sp³-hybridized carbons (Fsp3) is 0.476. The van der Waals surface area contributed by atoms with E-state index in [9.17, 15) is 14.4 Å². The van der Waals surface area contributed by atoms with Crippen molar-refractivity contribution >= 4 is 23.9 Å². The van der Waals surface area contributed by atoms with Gasteiger partial charge in [0, 0.05) is 11.6 Å². The number of hydrogen-bond donors (Lipinski definition) is 1. The molecule has 7 nitrogen and oxygen atoms in total. The molecule has 7 heteroatoms. The number of amides is 4. The number of urea groups is 1. The van der Waals surface area contributed by atoms with Crippen LogP contribution in [-0.4, -0.2) is 42.0 Å². The van der Waals surface area contributed by atoms with Gasteiger partial charge >= 0.3 is 6.03 Å². The van der Waals surface area contributed by atoms with Gasteiger partial charge in [0.1, 0.15) is 5.57 Å². The van der Waals surface area contributed by atoms with Gasteiger partial charge in [-0.1, -0.05) is 31.9 Å². The first kappa shape index (κ1) is 19.9. The summed E-state index contributed by atoms with van der Waals surface area (Å²) in [5.74, 6) is -0.265. The van der Waals surface area contributed by atoms with Crippen molar-refractivity contribution in [1.29, 1.82) is 0 Å². The molecule has 150 valence electrons. The standard InChI is InChI=1S/C21H26N2O5/c1-4-13(2)28-18-14(8-7-11-17(18)27-3)12-16-19(24)22-21(26)23(20(16)25)15-9-5-6-10-15/h7-8,11-13,15H,4-6,9-10H2,1-3H3,(H,22,24,26)/b16-12+/t13-/m0/s1. The molecule has 0 spiro atoms. The van der Waals surface area contributed by atoms with E-state index in [1.165, 1.54) is 18.1 Å². The summed E-state index contributed by atoms with van der Waals surface area (Å²) >= 11 is 0. The highest BCUT2D eigenvalue weighted by molar-refractivity contribution is 6.31. The number of methoxy groups -OCH3 is 1. The number of carbonyl (C=O) groups excluding carboxylic acids is 3. The molecule has 1 aliphatic heterocycles. The van der Waals surface area contributed by atoms with Crippen molar-refractivity contribution in [2.45, 2.75) is 58.1 Å². The van der Waals surface area contributed by atoms with E-state index in [4.69, 9.17) is 9.47 Å². The highest BCUT2D eigenvalue weighted by atomic mass is 16.5. The van der Waals surface area contributed by atoms with Crippen LogP contribution in [0.25, 0.3) is 6.08 Å². The van der Waals surface area contributed by atoms with Gasteiger partial charge in [-0.3, -0.25) is 19.8 Å². The van der Waals surface area contributed by atoms with Crippen LogP contribution in [0.15, 0.2) is 23.8 Å². The Morgan fingerprint density at radius 3 is 2.61 bits per heavy atom. The summed E-state index contributed by atoms with van der Waals surface area (Å²) in [6.45, 7) is 3.93. The average Bonchev–Trinajstić information content (AvgIpc) is 3.19. The molecule has 2 fully saturated rings. The number of barbiturate groups is 1. The summed E-state index contributed by atoms with van der Waals surface area (Å²) in [5.41, 5.74) is 0.479. The molecule has 0 unspecified atom stereocenters. The molecule has 2 aliphatic rings. The average molecular weight is 386 g/mol. The molecule has 1 aromatic rings. The lowest BCUT2D eigenvalue weighted by Gasteiger charge is -2.31. The van der Waals surface area contributed by atoms with E-state index in [1.54, 1.807) is 18.2 Å². The largest absolute Gasteiger partial charge is 0.493 e. The second-order valence-corrected chi connectivity index (χ2v) is 7.15. The predicted molar refractivity (Wildman–Crippen MR) is 104 cm³/mol. The van der Waals surface area contributed by atoms with Gasteiger partial charge in [-0.2, -0.15) is 0 Å². The number of para-hydroxylation sites is 1. The first-order chi connectivity index (χ1) is 13.5. The number of nitrogens with zero attached hydrogens (tertiary/aromatic N) is 1. The highest BCUT2D eigenvalue weighted by Gasteiger charge is 2.40. The predicted octanol–water partition coefficient (Wildman–Crippen LogP) is 3.28. The quantitative estimate of drug-likeness (QED) is 0.599. The van der Waals surface area contributed by atoms with Crippen molar-refractivity contribution in [3.63, 3.8) is 0 Å². The molecule has 0 radical (unpaired) electrons. The van der Waals surface area contributed by atoms with Gasteiger partial charge in [0.2, 0.25) is 0 Å². The van der Waals surface area contributed by atoms with Crippen molar-refractivity contribution in [2.75, 3.05) is 7.11 Å². The number of hydrogen-bond acceptors (Lipinski definition) is 5. The van der Waals surface area contributed by atoms with Gasteiger partial charge < -0.3 is 9.47 Å². The second-order valence-electron chi connectivity index (χ2n) is 7.15. The van der Waals surface area contributed by atoms with E-state index in [0.29, 0.717) is 17.1 Å². The van der Waals surface area contributed by atoms with Gasteiger partial charge in [-0.25, -0.2) is 4.79 Å². The Morgan fingerprint density at radius 1 is 1.25 bits per heavy atom. The number of benzene rings is 1. The molecule has 1 saturated carbocycles. The van der Waals surface area contributed by atoms with Crippen LogP contribution >= 0.6 is 0 Å². The number of imide groups is 2. The smallest absolute Gasteiger partial charge is 0.331 e. The summed E-state index contributed by atoms with van der Waals surface area (Å²) in [7, 11) is 1.54. The van der Waals surface area contributed by atoms with E-state index in [-0.39, 0.29) is 17.7 Å². The third-order valence-corrected chi connectivity index (χ3v) is 5.25. The molecule has 4 amide bonds. The lowest BCUT2D eigenvalue weighted by atomic mass is 10.0. The van der Waals surface area contributed by atoms with Gasteiger partial charge in [-0.15, -0.1) is 0 Å². The van der Waals surface area contributed by atoms with Crippen LogP contribution in [0.5, 0.6) is 11.5 Å². The summed E-state index contributed by atoms with van der Waals surface area (Å²) in [4.78, 5) is 38.8.